The maximum atomic E-state index is 13.2. The monoisotopic (exact) mass is 298 g/mol. The normalized spacial score (nSPS) is 11.3. The summed E-state index contributed by atoms with van der Waals surface area (Å²) in [5.74, 6) is -1.25. The van der Waals surface area contributed by atoms with Gasteiger partial charge in [0.05, 0.1) is 0 Å². The highest BCUT2D eigenvalue weighted by molar-refractivity contribution is 6.00. The number of benzene rings is 2. The molecular formula is C15H10F4O2. The molecule has 0 aliphatic carbocycles. The van der Waals surface area contributed by atoms with Crippen LogP contribution in [0, 0.1) is 5.82 Å². The van der Waals surface area contributed by atoms with Gasteiger partial charge in [-0.1, -0.05) is 18.2 Å². The SMILES string of the molecule is CC(=O)c1cc(F)ccc1-c1ccc(OC(F)(F)F)cc1. The molecule has 110 valence electrons. The highest BCUT2D eigenvalue weighted by Crippen LogP contribution is 2.29. The Kier molecular flexibility index (Phi) is 3.97. The molecule has 2 aromatic carbocycles. The number of carbonyl (C=O) groups is 1. The fourth-order valence-electron chi connectivity index (χ4n) is 1.90. The molecule has 0 saturated carbocycles. The van der Waals surface area contributed by atoms with Gasteiger partial charge in [-0.05, 0) is 42.3 Å². The lowest BCUT2D eigenvalue weighted by Gasteiger charge is -2.11. The minimum absolute atomic E-state index is 0.166. The zero-order valence-electron chi connectivity index (χ0n) is 10.9. The van der Waals surface area contributed by atoms with Crippen LogP contribution in [-0.2, 0) is 0 Å². The molecule has 0 aromatic heterocycles. The lowest BCUT2D eigenvalue weighted by atomic mass is 9.97. The van der Waals surface area contributed by atoms with Crippen molar-refractivity contribution < 1.29 is 27.1 Å². The average molecular weight is 298 g/mol. The molecule has 0 aliphatic rings. The van der Waals surface area contributed by atoms with Crippen molar-refractivity contribution in [3.05, 3.63) is 53.8 Å². The van der Waals surface area contributed by atoms with Crippen molar-refractivity contribution in [2.75, 3.05) is 0 Å². The molecule has 0 heterocycles. The lowest BCUT2D eigenvalue weighted by molar-refractivity contribution is -0.274. The van der Waals surface area contributed by atoms with E-state index >= 15 is 0 Å². The summed E-state index contributed by atoms with van der Waals surface area (Å²) in [4.78, 5) is 11.5. The maximum absolute atomic E-state index is 13.2. The summed E-state index contributed by atoms with van der Waals surface area (Å²) >= 11 is 0. The van der Waals surface area contributed by atoms with Crippen molar-refractivity contribution in [1.82, 2.24) is 0 Å². The topological polar surface area (TPSA) is 26.3 Å². The van der Waals surface area contributed by atoms with Crippen LogP contribution in [0.15, 0.2) is 42.5 Å². The Labute approximate surface area is 118 Å². The highest BCUT2D eigenvalue weighted by atomic mass is 19.4. The van der Waals surface area contributed by atoms with Crippen molar-refractivity contribution in [2.45, 2.75) is 13.3 Å². The molecule has 2 nitrogen and oxygen atoms in total. The first-order chi connectivity index (χ1) is 9.76. The van der Waals surface area contributed by atoms with Crippen LogP contribution in [0.1, 0.15) is 17.3 Å². The highest BCUT2D eigenvalue weighted by Gasteiger charge is 2.31. The Morgan fingerprint density at radius 1 is 1.05 bits per heavy atom. The van der Waals surface area contributed by atoms with Crippen molar-refractivity contribution in [3.63, 3.8) is 0 Å². The number of hydrogen-bond acceptors (Lipinski definition) is 2. The summed E-state index contributed by atoms with van der Waals surface area (Å²) < 4.78 is 53.2. The van der Waals surface area contributed by atoms with Crippen LogP contribution < -0.4 is 4.74 Å². The zero-order chi connectivity index (χ0) is 15.6. The van der Waals surface area contributed by atoms with Gasteiger partial charge in [0.1, 0.15) is 11.6 Å². The van der Waals surface area contributed by atoms with Crippen molar-refractivity contribution >= 4 is 5.78 Å². The van der Waals surface area contributed by atoms with Crippen LogP contribution >= 0.6 is 0 Å². The molecule has 0 fully saturated rings. The maximum Gasteiger partial charge on any atom is 0.573 e. The third kappa shape index (κ3) is 3.81. The first kappa shape index (κ1) is 15.0. The predicted molar refractivity (Wildman–Crippen MR) is 68.5 cm³/mol. The van der Waals surface area contributed by atoms with Gasteiger partial charge in [-0.25, -0.2) is 4.39 Å². The molecule has 0 atom stereocenters. The van der Waals surface area contributed by atoms with E-state index in [1.54, 1.807) is 0 Å². The van der Waals surface area contributed by atoms with E-state index in [1.165, 1.54) is 31.2 Å². The third-order valence-electron chi connectivity index (χ3n) is 2.76. The first-order valence-electron chi connectivity index (χ1n) is 5.93. The summed E-state index contributed by atoms with van der Waals surface area (Å²) in [6, 6.07) is 8.71. The average Bonchev–Trinajstić information content (AvgIpc) is 2.38. The van der Waals surface area contributed by atoms with Crippen LogP contribution in [-0.4, -0.2) is 12.1 Å². The number of halogens is 4. The fourth-order valence-corrected chi connectivity index (χ4v) is 1.90. The summed E-state index contributed by atoms with van der Waals surface area (Å²) in [6.07, 6.45) is -4.76. The van der Waals surface area contributed by atoms with E-state index in [-0.39, 0.29) is 17.1 Å². The molecule has 0 radical (unpaired) electrons. The van der Waals surface area contributed by atoms with Gasteiger partial charge in [0.25, 0.3) is 0 Å². The smallest absolute Gasteiger partial charge is 0.406 e. The second kappa shape index (κ2) is 5.55. The Morgan fingerprint density at radius 2 is 1.67 bits per heavy atom. The quantitative estimate of drug-likeness (QED) is 0.612. The van der Waals surface area contributed by atoms with Gasteiger partial charge in [0.15, 0.2) is 5.78 Å². The molecule has 2 aromatic rings. The van der Waals surface area contributed by atoms with Crippen molar-refractivity contribution in [2.24, 2.45) is 0 Å². The van der Waals surface area contributed by atoms with Gasteiger partial charge in [-0.2, -0.15) is 0 Å². The fraction of sp³-hybridized carbons (Fsp3) is 0.133. The molecule has 21 heavy (non-hydrogen) atoms. The molecule has 0 N–H and O–H groups in total. The van der Waals surface area contributed by atoms with Crippen LogP contribution in [0.3, 0.4) is 0 Å². The molecule has 0 unspecified atom stereocenters. The van der Waals surface area contributed by atoms with E-state index in [4.69, 9.17) is 0 Å². The minimum atomic E-state index is -4.76. The molecule has 6 heteroatoms. The number of rotatable bonds is 3. The Hall–Kier alpha value is -2.37. The van der Waals surface area contributed by atoms with Crippen LogP contribution in [0.25, 0.3) is 11.1 Å². The zero-order valence-corrected chi connectivity index (χ0v) is 10.9. The van der Waals surface area contributed by atoms with Crippen LogP contribution in [0.4, 0.5) is 17.6 Å². The van der Waals surface area contributed by atoms with E-state index < -0.39 is 12.2 Å². The summed E-state index contributed by atoms with van der Waals surface area (Å²) in [5.41, 5.74) is 1.11. The standard InChI is InChI=1S/C15H10F4O2/c1-9(20)14-8-11(16)4-7-13(14)10-2-5-12(6-3-10)21-15(17,18)19/h2-8H,1H3. The molecule has 0 amide bonds. The molecule has 0 aliphatic heterocycles. The van der Waals surface area contributed by atoms with Gasteiger partial charge in [-0.3, -0.25) is 4.79 Å². The number of ketones is 1. The van der Waals surface area contributed by atoms with Crippen molar-refractivity contribution in [1.29, 1.82) is 0 Å². The second-order valence-electron chi connectivity index (χ2n) is 4.32. The van der Waals surface area contributed by atoms with E-state index in [9.17, 15) is 22.4 Å². The number of carbonyl (C=O) groups excluding carboxylic acids is 1. The first-order valence-corrected chi connectivity index (χ1v) is 5.93. The van der Waals surface area contributed by atoms with Gasteiger partial charge in [-0.15, -0.1) is 13.2 Å². The van der Waals surface area contributed by atoms with E-state index in [1.807, 2.05) is 0 Å². The molecule has 2 rings (SSSR count). The summed E-state index contributed by atoms with van der Waals surface area (Å²) in [5, 5.41) is 0. The number of hydrogen-bond donors (Lipinski definition) is 0. The molecule has 0 spiro atoms. The number of Topliss-reactive ketones (excluding diaryl/α,β-unsaturated/α-hetero) is 1. The van der Waals surface area contributed by atoms with Gasteiger partial charge >= 0.3 is 6.36 Å². The lowest BCUT2D eigenvalue weighted by Crippen LogP contribution is -2.16. The van der Waals surface area contributed by atoms with Crippen LogP contribution in [0.5, 0.6) is 5.75 Å². The third-order valence-corrected chi connectivity index (χ3v) is 2.76. The number of alkyl halides is 3. The van der Waals surface area contributed by atoms with Gasteiger partial charge < -0.3 is 4.74 Å². The Bertz CT molecular complexity index is 660. The Balaban J connectivity index is 2.37. The molecule has 0 bridgehead atoms. The Morgan fingerprint density at radius 3 is 2.19 bits per heavy atom. The summed E-state index contributed by atoms with van der Waals surface area (Å²) in [7, 11) is 0. The summed E-state index contributed by atoms with van der Waals surface area (Å²) in [6.45, 7) is 1.29. The second-order valence-corrected chi connectivity index (χ2v) is 4.32. The van der Waals surface area contributed by atoms with E-state index in [2.05, 4.69) is 4.74 Å². The predicted octanol–water partition coefficient (Wildman–Crippen LogP) is 4.59. The largest absolute Gasteiger partial charge is 0.573 e. The van der Waals surface area contributed by atoms with E-state index in [0.717, 1.165) is 18.2 Å². The van der Waals surface area contributed by atoms with Gasteiger partial charge in [0.2, 0.25) is 0 Å². The van der Waals surface area contributed by atoms with E-state index in [0.29, 0.717) is 11.1 Å². The van der Waals surface area contributed by atoms with Crippen molar-refractivity contribution in [3.8, 4) is 16.9 Å². The number of ether oxygens (including phenoxy) is 1. The van der Waals surface area contributed by atoms with Gasteiger partial charge in [0, 0.05) is 5.56 Å². The molecular weight excluding hydrogens is 288 g/mol. The minimum Gasteiger partial charge on any atom is -0.406 e. The molecule has 0 saturated heterocycles. The van der Waals surface area contributed by atoms with Crippen LogP contribution in [0.2, 0.25) is 0 Å².